The summed E-state index contributed by atoms with van der Waals surface area (Å²) in [5.41, 5.74) is 0. The molecule has 2 heteroatoms. The first-order valence-corrected chi connectivity index (χ1v) is 14.0. The molecule has 26 heavy (non-hydrogen) atoms. The Morgan fingerprint density at radius 1 is 0.346 bits per heavy atom. The van der Waals surface area contributed by atoms with Gasteiger partial charge < -0.3 is 0 Å². The van der Waals surface area contributed by atoms with Gasteiger partial charge in [0, 0.05) is 0 Å². The first-order chi connectivity index (χ1) is 12.3. The van der Waals surface area contributed by atoms with E-state index >= 15 is 0 Å². The fourth-order valence-electron chi connectivity index (χ4n) is 3.68. The largest absolute Gasteiger partial charge is 0.107 e. The molecule has 0 aliphatic carbocycles. The second-order valence-electron chi connectivity index (χ2n) is 8.14. The molecule has 0 amide bonds. The van der Waals surface area contributed by atoms with E-state index in [1.54, 1.807) is 18.5 Å². The first-order valence-electron chi connectivity index (χ1n) is 12.1. The number of unbranched alkanes of at least 4 members (excludes halogenated alkanes) is 15. The van der Waals surface area contributed by atoms with Crippen LogP contribution in [0.2, 0.25) is 0 Å². The van der Waals surface area contributed by atoms with Crippen molar-refractivity contribution in [1.29, 1.82) is 0 Å². The maximum atomic E-state index is 2.32. The highest BCUT2D eigenvalue weighted by Crippen LogP contribution is 2.39. The molecule has 160 valence electrons. The highest BCUT2D eigenvalue weighted by atomic mass is 31.1. The van der Waals surface area contributed by atoms with Crippen LogP contribution in [0.4, 0.5) is 0 Å². The smallest absolute Gasteiger partial charge is 0.0149 e. The van der Waals surface area contributed by atoms with Crippen molar-refractivity contribution in [2.24, 2.45) is 0 Å². The van der Waals surface area contributed by atoms with Gasteiger partial charge in [-0.1, -0.05) is 117 Å². The molecule has 0 aromatic rings. The molecule has 0 aromatic heterocycles. The van der Waals surface area contributed by atoms with E-state index in [4.69, 9.17) is 0 Å². The minimum atomic E-state index is 0. The molecule has 0 nitrogen and oxygen atoms in total. The van der Waals surface area contributed by atoms with E-state index < -0.39 is 0 Å². The van der Waals surface area contributed by atoms with Gasteiger partial charge in [0.1, 0.15) is 0 Å². The average molecular weight is 403 g/mol. The Kier molecular flexibility index (Phi) is 28.5. The summed E-state index contributed by atoms with van der Waals surface area (Å²) >= 11 is 0. The minimum Gasteiger partial charge on any atom is -0.107 e. The van der Waals surface area contributed by atoms with Gasteiger partial charge in [0.05, 0.1) is 0 Å². The molecule has 0 unspecified atom stereocenters. The standard InChI is InChI=1S/C24H51P.H4Si/c1-4-7-10-13-16-19-22-25(23-20-17-14-11-8-5-2)24-21-18-15-12-9-6-3;/h4-24H2,1-3H3;1H4. The van der Waals surface area contributed by atoms with Crippen molar-refractivity contribution >= 4 is 18.9 Å². The molecule has 0 rings (SSSR count). The molecular formula is C24H55PSi. The number of hydrogen-bond donors (Lipinski definition) is 0. The van der Waals surface area contributed by atoms with Crippen molar-refractivity contribution in [1.82, 2.24) is 0 Å². The zero-order valence-corrected chi connectivity index (χ0v) is 19.2. The van der Waals surface area contributed by atoms with Gasteiger partial charge in [0.25, 0.3) is 0 Å². The SMILES string of the molecule is CCCCCCCCP(CCCCCCCC)CCCCCCCC.[SiH4]. The van der Waals surface area contributed by atoms with Crippen molar-refractivity contribution < 1.29 is 0 Å². The van der Waals surface area contributed by atoms with E-state index in [0.29, 0.717) is 7.92 Å². The van der Waals surface area contributed by atoms with Crippen LogP contribution in [0.25, 0.3) is 0 Å². The highest BCUT2D eigenvalue weighted by Gasteiger charge is 2.07. The van der Waals surface area contributed by atoms with Crippen molar-refractivity contribution in [3.05, 3.63) is 0 Å². The third-order valence-electron chi connectivity index (χ3n) is 5.48. The van der Waals surface area contributed by atoms with Crippen LogP contribution in [-0.2, 0) is 0 Å². The minimum absolute atomic E-state index is 0. The van der Waals surface area contributed by atoms with E-state index in [1.807, 2.05) is 0 Å². The summed E-state index contributed by atoms with van der Waals surface area (Å²) in [7, 11) is 0.366. The molecule has 0 heterocycles. The predicted octanol–water partition coefficient (Wildman–Crippen LogP) is 8.10. The topological polar surface area (TPSA) is 0 Å². The van der Waals surface area contributed by atoms with Crippen LogP contribution in [0.15, 0.2) is 0 Å². The van der Waals surface area contributed by atoms with Crippen LogP contribution >= 0.6 is 7.92 Å². The van der Waals surface area contributed by atoms with Gasteiger partial charge in [-0.3, -0.25) is 0 Å². The summed E-state index contributed by atoms with van der Waals surface area (Å²) in [5, 5.41) is 0. The fourth-order valence-corrected chi connectivity index (χ4v) is 6.37. The summed E-state index contributed by atoms with van der Waals surface area (Å²) in [4.78, 5) is 0. The zero-order chi connectivity index (χ0) is 18.4. The summed E-state index contributed by atoms with van der Waals surface area (Å²) in [6.07, 6.45) is 31.2. The molecule has 0 fully saturated rings. The lowest BCUT2D eigenvalue weighted by Gasteiger charge is -2.18. The molecule has 0 aromatic carbocycles. The average Bonchev–Trinajstić information content (AvgIpc) is 2.63. The lowest BCUT2D eigenvalue weighted by molar-refractivity contribution is 0.617. The first kappa shape index (κ1) is 28.9. The molecule has 0 aliphatic heterocycles. The molecule has 0 spiro atoms. The predicted molar refractivity (Wildman–Crippen MR) is 133 cm³/mol. The molecule has 0 radical (unpaired) electrons. The lowest BCUT2D eigenvalue weighted by Crippen LogP contribution is -1.97. The molecule has 0 saturated heterocycles. The summed E-state index contributed by atoms with van der Waals surface area (Å²) < 4.78 is 0. The Morgan fingerprint density at radius 2 is 0.577 bits per heavy atom. The van der Waals surface area contributed by atoms with Crippen LogP contribution in [0, 0.1) is 0 Å². The van der Waals surface area contributed by atoms with Crippen LogP contribution in [0.1, 0.15) is 136 Å². The van der Waals surface area contributed by atoms with Gasteiger partial charge >= 0.3 is 0 Å². The van der Waals surface area contributed by atoms with E-state index in [2.05, 4.69) is 20.8 Å². The Balaban J connectivity index is 0. The van der Waals surface area contributed by atoms with E-state index in [0.717, 1.165) is 0 Å². The molecule has 0 bridgehead atoms. The van der Waals surface area contributed by atoms with Gasteiger partial charge in [0.2, 0.25) is 0 Å². The van der Waals surface area contributed by atoms with Crippen molar-refractivity contribution in [2.45, 2.75) is 136 Å². The maximum Gasteiger partial charge on any atom is -0.0149 e. The van der Waals surface area contributed by atoms with Crippen molar-refractivity contribution in [3.63, 3.8) is 0 Å². The van der Waals surface area contributed by atoms with Gasteiger partial charge in [-0.15, -0.1) is 7.92 Å². The van der Waals surface area contributed by atoms with Gasteiger partial charge in [-0.25, -0.2) is 0 Å². The van der Waals surface area contributed by atoms with Crippen molar-refractivity contribution in [2.75, 3.05) is 18.5 Å². The summed E-state index contributed by atoms with van der Waals surface area (Å²) in [6, 6.07) is 0. The Bertz CT molecular complexity index is 194. The fraction of sp³-hybridized carbons (Fsp3) is 1.00. The van der Waals surface area contributed by atoms with Gasteiger partial charge in [-0.2, -0.15) is 0 Å². The van der Waals surface area contributed by atoms with E-state index in [-0.39, 0.29) is 11.0 Å². The Morgan fingerprint density at radius 3 is 0.846 bits per heavy atom. The lowest BCUT2D eigenvalue weighted by atomic mass is 10.1. The molecule has 0 atom stereocenters. The van der Waals surface area contributed by atoms with Crippen molar-refractivity contribution in [3.8, 4) is 0 Å². The third-order valence-corrected chi connectivity index (χ3v) is 8.33. The Labute approximate surface area is 173 Å². The summed E-state index contributed by atoms with van der Waals surface area (Å²) in [5.74, 6) is 0. The maximum absolute atomic E-state index is 2.32. The summed E-state index contributed by atoms with van der Waals surface area (Å²) in [6.45, 7) is 6.96. The zero-order valence-electron chi connectivity index (χ0n) is 18.3. The van der Waals surface area contributed by atoms with Gasteiger partial charge in [-0.05, 0) is 48.7 Å². The van der Waals surface area contributed by atoms with Crippen LogP contribution in [-0.4, -0.2) is 29.5 Å². The van der Waals surface area contributed by atoms with Crippen LogP contribution in [0.5, 0.6) is 0 Å². The quantitative estimate of drug-likeness (QED) is 0.103. The van der Waals surface area contributed by atoms with Gasteiger partial charge in [0.15, 0.2) is 0 Å². The molecule has 0 N–H and O–H groups in total. The monoisotopic (exact) mass is 402 g/mol. The van der Waals surface area contributed by atoms with Crippen LogP contribution < -0.4 is 0 Å². The second kappa shape index (κ2) is 25.6. The second-order valence-corrected chi connectivity index (χ2v) is 10.8. The number of rotatable bonds is 21. The molecule has 0 saturated carbocycles. The number of hydrogen-bond acceptors (Lipinski definition) is 0. The highest BCUT2D eigenvalue weighted by molar-refractivity contribution is 7.57. The van der Waals surface area contributed by atoms with Crippen LogP contribution in [0.3, 0.4) is 0 Å². The molecule has 0 aliphatic rings. The molecular weight excluding hydrogens is 347 g/mol. The normalized spacial score (nSPS) is 11.1. The van der Waals surface area contributed by atoms with E-state index in [9.17, 15) is 0 Å². The van der Waals surface area contributed by atoms with E-state index in [1.165, 1.54) is 116 Å². The third kappa shape index (κ3) is 22.7. The Hall–Kier alpha value is 0.647.